The number of fused-ring (bicyclic) bond motifs is 1. The zero-order chi connectivity index (χ0) is 14.5. The van der Waals surface area contributed by atoms with E-state index in [1.807, 2.05) is 30.3 Å². The smallest absolute Gasteiger partial charge is 0.214 e. The first-order valence-electron chi connectivity index (χ1n) is 6.92. The second kappa shape index (κ2) is 8.14. The molecule has 0 aliphatic heterocycles. The molecule has 0 atom stereocenters. The van der Waals surface area contributed by atoms with E-state index in [-0.39, 0.29) is 17.1 Å². The van der Waals surface area contributed by atoms with Gasteiger partial charge in [0, 0.05) is 0 Å². The summed E-state index contributed by atoms with van der Waals surface area (Å²) in [6, 6.07) is 31.2. The Morgan fingerprint density at radius 2 is 1.36 bits per heavy atom. The van der Waals surface area contributed by atoms with Crippen molar-refractivity contribution >= 4 is 26.7 Å². The average Bonchev–Trinajstić information content (AvgIpc) is 3.22. The second-order valence-corrected chi connectivity index (χ2v) is 5.67. The molecule has 0 nitrogen and oxygen atoms in total. The van der Waals surface area contributed by atoms with Gasteiger partial charge < -0.3 is 0 Å². The third-order valence-corrected chi connectivity index (χ3v) is 4.02. The minimum atomic E-state index is 0. The second-order valence-electron chi connectivity index (χ2n) is 4.82. The van der Waals surface area contributed by atoms with Gasteiger partial charge in [-0.15, -0.1) is 39.7 Å². The summed E-state index contributed by atoms with van der Waals surface area (Å²) in [7, 11) is 0. The molecule has 4 aromatic carbocycles. The monoisotopic (exact) mass is 390 g/mol. The maximum absolute atomic E-state index is 3.64. The van der Waals surface area contributed by atoms with E-state index in [2.05, 4.69) is 76.6 Å². The van der Waals surface area contributed by atoms with E-state index in [4.69, 9.17) is 0 Å². The number of benzene rings is 2. The Balaban J connectivity index is 0.000000253. The molecular formula is C20H15BrFe. The maximum atomic E-state index is 3.64. The Bertz CT molecular complexity index is 782. The number of hydrogen-bond acceptors (Lipinski definition) is 0. The van der Waals surface area contributed by atoms with Crippen LogP contribution in [0.3, 0.4) is 0 Å². The largest absolute Gasteiger partial charge is 2.00 e. The van der Waals surface area contributed by atoms with Gasteiger partial charge >= 0.3 is 17.1 Å². The van der Waals surface area contributed by atoms with E-state index >= 15 is 0 Å². The molecule has 0 radical (unpaired) electrons. The van der Waals surface area contributed by atoms with Gasteiger partial charge in [0.1, 0.15) is 0 Å². The summed E-state index contributed by atoms with van der Waals surface area (Å²) < 4.78 is 1.15. The fourth-order valence-electron chi connectivity index (χ4n) is 2.31. The van der Waals surface area contributed by atoms with E-state index in [0.717, 1.165) is 4.47 Å². The van der Waals surface area contributed by atoms with Gasteiger partial charge in [0.05, 0.1) is 0 Å². The van der Waals surface area contributed by atoms with Crippen molar-refractivity contribution in [1.82, 2.24) is 0 Å². The van der Waals surface area contributed by atoms with Crippen molar-refractivity contribution in [2.45, 2.75) is 0 Å². The van der Waals surface area contributed by atoms with Crippen molar-refractivity contribution in [2.75, 3.05) is 0 Å². The Kier molecular flexibility index (Phi) is 6.21. The van der Waals surface area contributed by atoms with Crippen LogP contribution in [0.25, 0.3) is 21.9 Å². The summed E-state index contributed by atoms with van der Waals surface area (Å²) in [6.45, 7) is 0. The Morgan fingerprint density at radius 1 is 0.773 bits per heavy atom. The van der Waals surface area contributed by atoms with Crippen LogP contribution in [-0.4, -0.2) is 0 Å². The first-order valence-corrected chi connectivity index (χ1v) is 7.71. The minimum absolute atomic E-state index is 0. The third kappa shape index (κ3) is 3.98. The van der Waals surface area contributed by atoms with Crippen LogP contribution in [0, 0.1) is 0 Å². The standard InChI is InChI=1S/C15H10Br.C5H5.Fe/c16-15-10-13-8-4-3-7-12(13)9-14(15)11-5-1-2-6-11;1-2-4-5-3-1;/h1-10H;1-5H;/q2*-1;+2. The molecule has 4 rings (SSSR count). The summed E-state index contributed by atoms with van der Waals surface area (Å²) >= 11 is 3.64. The van der Waals surface area contributed by atoms with Crippen LogP contribution < -0.4 is 0 Å². The topological polar surface area (TPSA) is 0 Å². The van der Waals surface area contributed by atoms with Gasteiger partial charge in [-0.05, 0) is 9.86 Å². The van der Waals surface area contributed by atoms with Gasteiger partial charge in [-0.3, -0.25) is 0 Å². The summed E-state index contributed by atoms with van der Waals surface area (Å²) in [5, 5.41) is 2.55. The molecule has 0 saturated carbocycles. The first kappa shape index (κ1) is 16.8. The molecule has 0 saturated heterocycles. The van der Waals surface area contributed by atoms with Crippen LogP contribution in [0.15, 0.2) is 95.5 Å². The van der Waals surface area contributed by atoms with E-state index < -0.39 is 0 Å². The molecular weight excluding hydrogens is 376 g/mol. The van der Waals surface area contributed by atoms with Crippen LogP contribution >= 0.6 is 15.9 Å². The maximum Gasteiger partial charge on any atom is 2.00 e. The van der Waals surface area contributed by atoms with Crippen molar-refractivity contribution in [3.63, 3.8) is 0 Å². The molecule has 2 heteroatoms. The molecule has 0 aliphatic carbocycles. The predicted octanol–water partition coefficient (Wildman–Crippen LogP) is 6.39. The van der Waals surface area contributed by atoms with Gasteiger partial charge in [-0.25, -0.2) is 12.1 Å². The van der Waals surface area contributed by atoms with Crippen LogP contribution in [0.2, 0.25) is 0 Å². The molecule has 0 N–H and O–H groups in total. The normalized spacial score (nSPS) is 9.68. The van der Waals surface area contributed by atoms with Gasteiger partial charge in [-0.2, -0.15) is 30.3 Å². The molecule has 0 heterocycles. The molecule has 0 aromatic heterocycles. The molecule has 110 valence electrons. The summed E-state index contributed by atoms with van der Waals surface area (Å²) in [6.07, 6.45) is 0. The number of rotatable bonds is 1. The quantitative estimate of drug-likeness (QED) is 0.261. The van der Waals surface area contributed by atoms with E-state index in [0.29, 0.717) is 0 Å². The summed E-state index contributed by atoms with van der Waals surface area (Å²) in [5.41, 5.74) is 2.52. The number of hydrogen-bond donors (Lipinski definition) is 0. The SMILES string of the molecule is Brc1cc2ccccc2cc1-[c-]1cccc1.[Fe+2].c1cc[cH-]c1. The van der Waals surface area contributed by atoms with Crippen LogP contribution in [-0.2, 0) is 17.1 Å². The number of halogens is 1. The molecule has 0 bridgehead atoms. The zero-order valence-corrected chi connectivity index (χ0v) is 14.6. The van der Waals surface area contributed by atoms with E-state index in [1.165, 1.54) is 21.9 Å². The van der Waals surface area contributed by atoms with Gasteiger partial charge in [0.15, 0.2) is 0 Å². The fourth-order valence-corrected chi connectivity index (χ4v) is 2.90. The molecule has 0 amide bonds. The van der Waals surface area contributed by atoms with Gasteiger partial charge in [0.25, 0.3) is 0 Å². The molecule has 0 unspecified atom stereocenters. The molecule has 0 fully saturated rings. The predicted molar refractivity (Wildman–Crippen MR) is 94.7 cm³/mol. The molecule has 4 aromatic rings. The Morgan fingerprint density at radius 3 is 1.91 bits per heavy atom. The van der Waals surface area contributed by atoms with Crippen molar-refractivity contribution in [3.8, 4) is 11.1 Å². The van der Waals surface area contributed by atoms with Crippen LogP contribution in [0.1, 0.15) is 0 Å². The Hall–Kier alpha value is -1.60. The first-order chi connectivity index (χ1) is 10.3. The van der Waals surface area contributed by atoms with Crippen molar-refractivity contribution < 1.29 is 17.1 Å². The van der Waals surface area contributed by atoms with Crippen molar-refractivity contribution in [3.05, 3.63) is 95.5 Å². The van der Waals surface area contributed by atoms with Crippen LogP contribution in [0.5, 0.6) is 0 Å². The van der Waals surface area contributed by atoms with Crippen molar-refractivity contribution in [1.29, 1.82) is 0 Å². The third-order valence-electron chi connectivity index (χ3n) is 3.36. The molecule has 0 aliphatic rings. The summed E-state index contributed by atoms with van der Waals surface area (Å²) in [4.78, 5) is 0. The fraction of sp³-hybridized carbons (Fsp3) is 0. The van der Waals surface area contributed by atoms with E-state index in [9.17, 15) is 0 Å². The van der Waals surface area contributed by atoms with E-state index in [1.54, 1.807) is 0 Å². The minimum Gasteiger partial charge on any atom is -0.214 e. The zero-order valence-electron chi connectivity index (χ0n) is 11.9. The van der Waals surface area contributed by atoms with Crippen LogP contribution in [0.4, 0.5) is 0 Å². The van der Waals surface area contributed by atoms with Gasteiger partial charge in [-0.1, -0.05) is 41.3 Å². The van der Waals surface area contributed by atoms with Crippen molar-refractivity contribution in [2.24, 2.45) is 0 Å². The van der Waals surface area contributed by atoms with Gasteiger partial charge in [0.2, 0.25) is 0 Å². The Labute approximate surface area is 150 Å². The summed E-state index contributed by atoms with van der Waals surface area (Å²) in [5.74, 6) is 0. The molecule has 22 heavy (non-hydrogen) atoms. The molecule has 0 spiro atoms. The average molecular weight is 391 g/mol.